The van der Waals surface area contributed by atoms with Crippen LogP contribution in [0.4, 0.5) is 5.69 Å². The summed E-state index contributed by atoms with van der Waals surface area (Å²) in [5.41, 5.74) is 6.62. The minimum absolute atomic E-state index is 0.00783. The highest BCUT2D eigenvalue weighted by molar-refractivity contribution is 5.97. The fraction of sp³-hybridized carbons (Fsp3) is 0.526. The monoisotopic (exact) mass is 372 g/mol. The maximum atomic E-state index is 12.6. The van der Waals surface area contributed by atoms with E-state index in [9.17, 15) is 4.79 Å². The number of carbonyl (C=O) groups excluding carboxylic acids is 1. The largest absolute Gasteiger partial charge is 0.497 e. The van der Waals surface area contributed by atoms with E-state index in [2.05, 4.69) is 10.1 Å². The van der Waals surface area contributed by atoms with Crippen LogP contribution in [0.2, 0.25) is 0 Å². The lowest BCUT2D eigenvalue weighted by atomic mass is 9.98. The van der Waals surface area contributed by atoms with Crippen molar-refractivity contribution in [2.24, 2.45) is 5.73 Å². The number of rotatable bonds is 5. The Morgan fingerprint density at radius 3 is 2.74 bits per heavy atom. The van der Waals surface area contributed by atoms with E-state index in [1.165, 1.54) is 0 Å². The van der Waals surface area contributed by atoms with Crippen LogP contribution in [-0.2, 0) is 10.3 Å². The fourth-order valence-electron chi connectivity index (χ4n) is 3.95. The van der Waals surface area contributed by atoms with Crippen molar-refractivity contribution >= 4 is 11.6 Å². The van der Waals surface area contributed by atoms with Gasteiger partial charge in [0.25, 0.3) is 0 Å². The molecule has 4 rings (SSSR count). The molecule has 1 aliphatic carbocycles. The molecule has 1 unspecified atom stereocenters. The topological polar surface area (TPSA) is 104 Å². The number of hydrogen-bond acceptors (Lipinski definition) is 7. The van der Waals surface area contributed by atoms with Crippen molar-refractivity contribution in [3.63, 3.8) is 0 Å². The molecule has 1 atom stereocenters. The number of amides is 1. The summed E-state index contributed by atoms with van der Waals surface area (Å²) in [4.78, 5) is 18.9. The van der Waals surface area contributed by atoms with Crippen molar-refractivity contribution in [3.8, 4) is 11.5 Å². The van der Waals surface area contributed by atoms with Crippen molar-refractivity contribution in [1.29, 1.82) is 0 Å². The molecule has 2 fully saturated rings. The summed E-state index contributed by atoms with van der Waals surface area (Å²) in [6.07, 6.45) is 4.20. The average Bonchev–Trinajstić information content (AvgIpc) is 3.41. The first-order valence-corrected chi connectivity index (χ1v) is 9.19. The third-order valence-corrected chi connectivity index (χ3v) is 5.53. The molecule has 27 heavy (non-hydrogen) atoms. The number of anilines is 1. The molecule has 8 nitrogen and oxygen atoms in total. The molecule has 1 aliphatic heterocycles. The number of aromatic nitrogens is 2. The number of carbonyl (C=O) groups is 1. The van der Waals surface area contributed by atoms with Gasteiger partial charge in [0.1, 0.15) is 11.5 Å². The van der Waals surface area contributed by atoms with E-state index in [1.54, 1.807) is 25.2 Å². The van der Waals surface area contributed by atoms with Crippen LogP contribution in [-0.4, -0.2) is 36.8 Å². The standard InChI is InChI=1S/C19H24N4O4/c1-25-13-5-6-14(15(10-13)26-2)23-11-12(9-16(23)24)17-21-18(22-27-17)19(20)7-3-4-8-19/h5-6,10,12H,3-4,7-9,11,20H2,1-2H3. The van der Waals surface area contributed by atoms with E-state index in [1.807, 2.05) is 12.1 Å². The zero-order valence-electron chi connectivity index (χ0n) is 15.6. The first-order chi connectivity index (χ1) is 13.0. The van der Waals surface area contributed by atoms with Gasteiger partial charge in [0, 0.05) is 19.0 Å². The molecule has 2 N–H and O–H groups in total. The zero-order valence-corrected chi connectivity index (χ0v) is 15.6. The third-order valence-electron chi connectivity index (χ3n) is 5.53. The number of methoxy groups -OCH3 is 2. The summed E-state index contributed by atoms with van der Waals surface area (Å²) >= 11 is 0. The van der Waals surface area contributed by atoms with Gasteiger partial charge in [0.2, 0.25) is 11.8 Å². The van der Waals surface area contributed by atoms with E-state index in [4.69, 9.17) is 19.7 Å². The van der Waals surface area contributed by atoms with Gasteiger partial charge < -0.3 is 24.6 Å². The van der Waals surface area contributed by atoms with Crippen LogP contribution in [0.15, 0.2) is 22.7 Å². The Labute approximate surface area is 157 Å². The molecule has 2 aromatic rings. The molecule has 0 radical (unpaired) electrons. The van der Waals surface area contributed by atoms with Crippen LogP contribution in [0.3, 0.4) is 0 Å². The minimum Gasteiger partial charge on any atom is -0.497 e. The molecule has 1 aromatic carbocycles. The second-order valence-electron chi connectivity index (χ2n) is 7.26. The van der Waals surface area contributed by atoms with Gasteiger partial charge in [-0.1, -0.05) is 18.0 Å². The van der Waals surface area contributed by atoms with Crippen LogP contribution < -0.4 is 20.1 Å². The van der Waals surface area contributed by atoms with Gasteiger partial charge >= 0.3 is 0 Å². The maximum absolute atomic E-state index is 12.6. The molecule has 2 heterocycles. The Morgan fingerprint density at radius 2 is 2.04 bits per heavy atom. The van der Waals surface area contributed by atoms with E-state index in [0.29, 0.717) is 41.9 Å². The highest BCUT2D eigenvalue weighted by Gasteiger charge is 2.40. The summed E-state index contributed by atoms with van der Waals surface area (Å²) in [7, 11) is 3.16. The molecule has 1 saturated heterocycles. The lowest BCUT2D eigenvalue weighted by Crippen LogP contribution is -2.34. The molecular weight excluding hydrogens is 348 g/mol. The van der Waals surface area contributed by atoms with Crippen LogP contribution in [0.1, 0.15) is 49.7 Å². The smallest absolute Gasteiger partial charge is 0.232 e. The Kier molecular flexibility index (Phi) is 4.51. The number of nitrogens with two attached hydrogens (primary N) is 1. The lowest BCUT2D eigenvalue weighted by molar-refractivity contribution is -0.117. The predicted molar refractivity (Wildman–Crippen MR) is 97.9 cm³/mol. The summed E-state index contributed by atoms with van der Waals surface area (Å²) in [5.74, 6) is 2.13. The number of ether oxygens (including phenoxy) is 2. The molecule has 8 heteroatoms. The van der Waals surface area contributed by atoms with Crippen molar-refractivity contribution in [3.05, 3.63) is 29.9 Å². The van der Waals surface area contributed by atoms with Gasteiger partial charge in [-0.25, -0.2) is 0 Å². The molecule has 1 amide bonds. The highest BCUT2D eigenvalue weighted by Crippen LogP contribution is 2.39. The Hall–Kier alpha value is -2.61. The van der Waals surface area contributed by atoms with Crippen LogP contribution in [0, 0.1) is 0 Å². The van der Waals surface area contributed by atoms with Crippen LogP contribution >= 0.6 is 0 Å². The molecule has 1 aromatic heterocycles. The molecule has 0 bridgehead atoms. The fourth-order valence-corrected chi connectivity index (χ4v) is 3.95. The van der Waals surface area contributed by atoms with Crippen LogP contribution in [0.5, 0.6) is 11.5 Å². The minimum atomic E-state index is -0.497. The van der Waals surface area contributed by atoms with Crippen molar-refractivity contribution < 1.29 is 18.8 Å². The van der Waals surface area contributed by atoms with E-state index in [0.717, 1.165) is 25.7 Å². The number of nitrogens with zero attached hydrogens (tertiary/aromatic N) is 3. The van der Waals surface area contributed by atoms with Crippen molar-refractivity contribution in [2.45, 2.75) is 43.6 Å². The zero-order chi connectivity index (χ0) is 19.0. The Morgan fingerprint density at radius 1 is 1.26 bits per heavy atom. The van der Waals surface area contributed by atoms with Gasteiger partial charge in [-0.05, 0) is 25.0 Å². The number of benzene rings is 1. The second-order valence-corrected chi connectivity index (χ2v) is 7.26. The van der Waals surface area contributed by atoms with Gasteiger partial charge in [-0.3, -0.25) is 4.79 Å². The van der Waals surface area contributed by atoms with E-state index in [-0.39, 0.29) is 11.8 Å². The summed E-state index contributed by atoms with van der Waals surface area (Å²) in [5, 5.41) is 4.11. The van der Waals surface area contributed by atoms with E-state index >= 15 is 0 Å². The summed E-state index contributed by atoms with van der Waals surface area (Å²) < 4.78 is 16.1. The van der Waals surface area contributed by atoms with Gasteiger partial charge in [0.15, 0.2) is 5.82 Å². The quantitative estimate of drug-likeness (QED) is 0.859. The predicted octanol–water partition coefficient (Wildman–Crippen LogP) is 2.34. The van der Waals surface area contributed by atoms with Crippen molar-refractivity contribution in [2.75, 3.05) is 25.7 Å². The average molecular weight is 372 g/mol. The van der Waals surface area contributed by atoms with Crippen LogP contribution in [0.25, 0.3) is 0 Å². The van der Waals surface area contributed by atoms with E-state index < -0.39 is 5.54 Å². The first kappa shape index (κ1) is 17.8. The second kappa shape index (κ2) is 6.84. The highest BCUT2D eigenvalue weighted by atomic mass is 16.5. The summed E-state index contributed by atoms with van der Waals surface area (Å²) in [6.45, 7) is 0.459. The van der Waals surface area contributed by atoms with Crippen molar-refractivity contribution in [1.82, 2.24) is 10.1 Å². The first-order valence-electron chi connectivity index (χ1n) is 9.19. The Balaban J connectivity index is 1.56. The molecular formula is C19H24N4O4. The summed E-state index contributed by atoms with van der Waals surface area (Å²) in [6, 6.07) is 5.39. The molecule has 0 spiro atoms. The third kappa shape index (κ3) is 3.14. The normalized spacial score (nSPS) is 21.7. The van der Waals surface area contributed by atoms with Gasteiger partial charge in [0.05, 0.1) is 31.4 Å². The molecule has 2 aliphatic rings. The maximum Gasteiger partial charge on any atom is 0.232 e. The Bertz CT molecular complexity index is 844. The number of hydrogen-bond donors (Lipinski definition) is 1. The van der Waals surface area contributed by atoms with Gasteiger partial charge in [-0.15, -0.1) is 0 Å². The molecule has 144 valence electrons. The van der Waals surface area contributed by atoms with Gasteiger partial charge in [-0.2, -0.15) is 4.98 Å². The SMILES string of the molecule is COc1ccc(N2CC(c3nc(C4(N)CCCC4)no3)CC2=O)c(OC)c1. The molecule has 1 saturated carbocycles. The lowest BCUT2D eigenvalue weighted by Gasteiger charge is -2.19.